The van der Waals surface area contributed by atoms with E-state index in [1.54, 1.807) is 0 Å². The number of hydrogen-bond acceptors (Lipinski definition) is 5. The second kappa shape index (κ2) is 6.92. The highest BCUT2D eigenvalue weighted by Gasteiger charge is 2.52. The van der Waals surface area contributed by atoms with Crippen LogP contribution in [0.2, 0.25) is 0 Å². The lowest BCUT2D eigenvalue weighted by Crippen LogP contribution is -2.54. The van der Waals surface area contributed by atoms with Crippen molar-refractivity contribution in [2.24, 2.45) is 5.92 Å². The Morgan fingerprint density at radius 1 is 1.20 bits per heavy atom. The minimum atomic E-state index is -0.834. The molecule has 4 amide bonds. The maximum absolute atomic E-state index is 12.7. The second-order valence-electron chi connectivity index (χ2n) is 7.82. The van der Waals surface area contributed by atoms with Crippen molar-refractivity contribution < 1.29 is 19.1 Å². The molecular weight excluding hydrogens is 324 g/mol. The zero-order valence-electron chi connectivity index (χ0n) is 15.2. The van der Waals surface area contributed by atoms with Gasteiger partial charge in [0.15, 0.2) is 0 Å². The molecule has 0 unspecified atom stereocenters. The minimum absolute atomic E-state index is 0.0563. The molecule has 1 spiro atoms. The summed E-state index contributed by atoms with van der Waals surface area (Å²) in [5, 5.41) is 3.67. The van der Waals surface area contributed by atoms with Gasteiger partial charge in [0.05, 0.1) is 18.8 Å². The van der Waals surface area contributed by atoms with E-state index in [1.807, 2.05) is 18.7 Å². The fourth-order valence-corrected chi connectivity index (χ4v) is 4.09. The highest BCUT2D eigenvalue weighted by Crippen LogP contribution is 2.35. The lowest BCUT2D eigenvalue weighted by atomic mass is 9.77. The third kappa shape index (κ3) is 3.79. The SMILES string of the molecule is CC1CCC2(CC1)NC(=O)N(NC(=O)CN1C[C@@H](C)O[C@@H](C)C1)C2=O. The van der Waals surface area contributed by atoms with Gasteiger partial charge in [-0.25, -0.2) is 4.79 Å². The lowest BCUT2D eigenvalue weighted by Gasteiger charge is -2.35. The summed E-state index contributed by atoms with van der Waals surface area (Å²) in [6, 6.07) is -0.531. The van der Waals surface area contributed by atoms with E-state index < -0.39 is 11.6 Å². The number of urea groups is 1. The van der Waals surface area contributed by atoms with Crippen LogP contribution in [0.4, 0.5) is 4.79 Å². The van der Waals surface area contributed by atoms with Gasteiger partial charge in [0, 0.05) is 13.1 Å². The third-order valence-electron chi connectivity index (χ3n) is 5.39. The van der Waals surface area contributed by atoms with Crippen LogP contribution in [0.15, 0.2) is 0 Å². The Labute approximate surface area is 148 Å². The molecule has 2 saturated heterocycles. The van der Waals surface area contributed by atoms with Crippen LogP contribution in [0.1, 0.15) is 46.5 Å². The van der Waals surface area contributed by atoms with Gasteiger partial charge >= 0.3 is 6.03 Å². The molecule has 0 aromatic carbocycles. The molecule has 1 saturated carbocycles. The lowest BCUT2D eigenvalue weighted by molar-refractivity contribution is -0.141. The Morgan fingerprint density at radius 3 is 2.40 bits per heavy atom. The van der Waals surface area contributed by atoms with Crippen LogP contribution in [-0.2, 0) is 14.3 Å². The first-order valence-corrected chi connectivity index (χ1v) is 9.13. The molecule has 25 heavy (non-hydrogen) atoms. The van der Waals surface area contributed by atoms with E-state index >= 15 is 0 Å². The molecule has 2 N–H and O–H groups in total. The van der Waals surface area contributed by atoms with Gasteiger partial charge < -0.3 is 10.1 Å². The number of amides is 4. The topological polar surface area (TPSA) is 91.0 Å². The number of carbonyl (C=O) groups excluding carboxylic acids is 3. The Hall–Kier alpha value is -1.67. The van der Waals surface area contributed by atoms with Crippen LogP contribution in [0.5, 0.6) is 0 Å². The highest BCUT2D eigenvalue weighted by atomic mass is 16.5. The molecule has 140 valence electrons. The number of imide groups is 1. The van der Waals surface area contributed by atoms with Crippen molar-refractivity contribution in [2.75, 3.05) is 19.6 Å². The number of hydrazine groups is 1. The zero-order chi connectivity index (χ0) is 18.2. The molecule has 0 radical (unpaired) electrons. The van der Waals surface area contributed by atoms with Gasteiger partial charge in [-0.15, -0.1) is 0 Å². The monoisotopic (exact) mass is 352 g/mol. The smallest absolute Gasteiger partial charge is 0.344 e. The van der Waals surface area contributed by atoms with Crippen molar-refractivity contribution in [1.29, 1.82) is 0 Å². The molecule has 2 heterocycles. The maximum atomic E-state index is 12.7. The molecule has 8 nitrogen and oxygen atoms in total. The van der Waals surface area contributed by atoms with Crippen molar-refractivity contribution >= 4 is 17.8 Å². The molecule has 0 bridgehead atoms. The molecule has 2 aliphatic heterocycles. The van der Waals surface area contributed by atoms with Crippen molar-refractivity contribution in [3.8, 4) is 0 Å². The summed E-state index contributed by atoms with van der Waals surface area (Å²) < 4.78 is 5.65. The Balaban J connectivity index is 1.58. The summed E-state index contributed by atoms with van der Waals surface area (Å²) in [6.07, 6.45) is 3.17. The van der Waals surface area contributed by atoms with E-state index in [1.165, 1.54) is 0 Å². The summed E-state index contributed by atoms with van der Waals surface area (Å²) in [5.74, 6) is -0.128. The average molecular weight is 352 g/mol. The number of hydrogen-bond donors (Lipinski definition) is 2. The van der Waals surface area contributed by atoms with Gasteiger partial charge in [-0.05, 0) is 45.4 Å². The molecule has 8 heteroatoms. The van der Waals surface area contributed by atoms with Gasteiger partial charge in [-0.1, -0.05) is 6.92 Å². The summed E-state index contributed by atoms with van der Waals surface area (Å²) in [5.41, 5.74) is 1.65. The molecule has 3 rings (SSSR count). The predicted octanol–water partition coefficient (Wildman–Crippen LogP) is 0.628. The minimum Gasteiger partial charge on any atom is -0.373 e. The number of rotatable bonds is 3. The van der Waals surface area contributed by atoms with E-state index in [2.05, 4.69) is 17.7 Å². The van der Waals surface area contributed by atoms with Crippen molar-refractivity contribution in [3.05, 3.63) is 0 Å². The standard InChI is InChI=1S/C17H28N4O4/c1-11-4-6-17(7-5-11)15(23)21(16(24)18-17)19-14(22)10-20-8-12(2)25-13(3)9-20/h11-13H,4-10H2,1-3H3,(H,18,24)(H,19,22)/t11?,12-,13+,17?. The first-order valence-electron chi connectivity index (χ1n) is 9.13. The molecule has 1 aliphatic carbocycles. The van der Waals surface area contributed by atoms with Crippen molar-refractivity contribution in [1.82, 2.24) is 20.7 Å². The summed E-state index contributed by atoms with van der Waals surface area (Å²) in [4.78, 5) is 39.2. The van der Waals surface area contributed by atoms with Crippen molar-refractivity contribution in [2.45, 2.75) is 64.2 Å². The van der Waals surface area contributed by atoms with E-state index in [9.17, 15) is 14.4 Å². The highest BCUT2D eigenvalue weighted by molar-refractivity contribution is 6.08. The molecule has 0 aromatic heterocycles. The zero-order valence-corrected chi connectivity index (χ0v) is 15.2. The maximum Gasteiger partial charge on any atom is 0.344 e. The van der Waals surface area contributed by atoms with Crippen LogP contribution in [0.3, 0.4) is 0 Å². The Bertz CT molecular complexity index is 549. The van der Waals surface area contributed by atoms with E-state index in [-0.39, 0.29) is 30.6 Å². The number of nitrogens with one attached hydrogen (secondary N) is 2. The first-order chi connectivity index (χ1) is 11.8. The van der Waals surface area contributed by atoms with Gasteiger partial charge in [-0.3, -0.25) is 19.9 Å². The number of ether oxygens (including phenoxy) is 1. The molecular formula is C17H28N4O4. The fourth-order valence-electron chi connectivity index (χ4n) is 4.09. The fraction of sp³-hybridized carbons (Fsp3) is 0.824. The quantitative estimate of drug-likeness (QED) is 0.727. The number of carbonyl (C=O) groups is 3. The summed E-state index contributed by atoms with van der Waals surface area (Å²) in [6.45, 7) is 7.52. The summed E-state index contributed by atoms with van der Waals surface area (Å²) >= 11 is 0. The number of nitrogens with zero attached hydrogens (tertiary/aromatic N) is 2. The summed E-state index contributed by atoms with van der Waals surface area (Å²) in [7, 11) is 0. The van der Waals surface area contributed by atoms with Crippen LogP contribution in [-0.4, -0.2) is 65.1 Å². The van der Waals surface area contributed by atoms with E-state index in [4.69, 9.17) is 4.74 Å². The average Bonchev–Trinajstić information content (AvgIpc) is 2.74. The molecule has 3 fully saturated rings. The molecule has 0 aromatic rings. The second-order valence-corrected chi connectivity index (χ2v) is 7.82. The Morgan fingerprint density at radius 2 is 1.80 bits per heavy atom. The van der Waals surface area contributed by atoms with Gasteiger partial charge in [-0.2, -0.15) is 5.01 Å². The molecule has 2 atom stereocenters. The van der Waals surface area contributed by atoms with E-state index in [0.29, 0.717) is 31.8 Å². The van der Waals surface area contributed by atoms with Gasteiger partial charge in [0.1, 0.15) is 5.54 Å². The van der Waals surface area contributed by atoms with Gasteiger partial charge in [0.2, 0.25) is 0 Å². The van der Waals surface area contributed by atoms with Crippen LogP contribution in [0, 0.1) is 5.92 Å². The van der Waals surface area contributed by atoms with Crippen LogP contribution in [0.25, 0.3) is 0 Å². The largest absolute Gasteiger partial charge is 0.373 e. The van der Waals surface area contributed by atoms with Crippen LogP contribution >= 0.6 is 0 Å². The Kier molecular flexibility index (Phi) is 5.02. The molecule has 3 aliphatic rings. The van der Waals surface area contributed by atoms with E-state index in [0.717, 1.165) is 17.9 Å². The number of morpholine rings is 1. The van der Waals surface area contributed by atoms with Crippen molar-refractivity contribution in [3.63, 3.8) is 0 Å². The van der Waals surface area contributed by atoms with Crippen LogP contribution < -0.4 is 10.7 Å². The normalized spacial score (nSPS) is 36.6. The van der Waals surface area contributed by atoms with Gasteiger partial charge in [0.25, 0.3) is 11.8 Å². The first kappa shape index (κ1) is 18.1. The predicted molar refractivity (Wildman–Crippen MR) is 90.3 cm³/mol. The third-order valence-corrected chi connectivity index (χ3v) is 5.39.